The molecule has 1 rings (SSSR count). The van der Waals surface area contributed by atoms with Gasteiger partial charge in [-0.15, -0.1) is 0 Å². The van der Waals surface area contributed by atoms with E-state index in [1.54, 1.807) is 0 Å². The van der Waals surface area contributed by atoms with Crippen LogP contribution in [0.4, 0.5) is 0 Å². The molecule has 1 aromatic carbocycles. The molecule has 1 aromatic rings. The molecule has 3 heteroatoms. The summed E-state index contributed by atoms with van der Waals surface area (Å²) >= 11 is 9.60. The third kappa shape index (κ3) is 5.29. The van der Waals surface area contributed by atoms with Crippen LogP contribution in [-0.2, 0) is 0 Å². The number of benzene rings is 1. The first kappa shape index (κ1) is 16.0. The minimum Gasteiger partial charge on any atom is -0.310 e. The zero-order valence-corrected chi connectivity index (χ0v) is 13.8. The van der Waals surface area contributed by atoms with E-state index in [0.717, 1.165) is 22.0 Å². The smallest absolute Gasteiger partial charge is 0.0551 e. The van der Waals surface area contributed by atoms with Gasteiger partial charge in [-0.2, -0.15) is 0 Å². The predicted octanol–water partition coefficient (Wildman–Crippen LogP) is 5.58. The summed E-state index contributed by atoms with van der Waals surface area (Å²) in [6.45, 7) is 7.69. The molecule has 18 heavy (non-hydrogen) atoms. The largest absolute Gasteiger partial charge is 0.310 e. The molecule has 102 valence electrons. The van der Waals surface area contributed by atoms with Crippen molar-refractivity contribution in [3.8, 4) is 0 Å². The SMILES string of the molecule is CCNC(CCCC(C)C)c1ccc(Br)c(Cl)c1. The predicted molar refractivity (Wildman–Crippen MR) is 84.3 cm³/mol. The zero-order chi connectivity index (χ0) is 13.5. The first-order valence-electron chi connectivity index (χ1n) is 6.73. The van der Waals surface area contributed by atoms with Crippen LogP contribution in [0, 0.1) is 5.92 Å². The van der Waals surface area contributed by atoms with Crippen molar-refractivity contribution in [2.24, 2.45) is 5.92 Å². The molecule has 0 amide bonds. The van der Waals surface area contributed by atoms with E-state index >= 15 is 0 Å². The van der Waals surface area contributed by atoms with Crippen molar-refractivity contribution >= 4 is 27.5 Å². The molecule has 1 nitrogen and oxygen atoms in total. The summed E-state index contributed by atoms with van der Waals surface area (Å²) < 4.78 is 0.963. The van der Waals surface area contributed by atoms with E-state index < -0.39 is 0 Å². The maximum atomic E-state index is 6.17. The minimum absolute atomic E-state index is 0.416. The lowest BCUT2D eigenvalue weighted by molar-refractivity contribution is 0.455. The molecule has 0 heterocycles. The molecule has 1 N–H and O–H groups in total. The second kappa shape index (κ2) is 8.19. The molecule has 0 saturated carbocycles. The lowest BCUT2D eigenvalue weighted by Crippen LogP contribution is -2.21. The van der Waals surface area contributed by atoms with Gasteiger partial charge in [0.25, 0.3) is 0 Å². The first-order valence-corrected chi connectivity index (χ1v) is 7.90. The van der Waals surface area contributed by atoms with Crippen LogP contribution >= 0.6 is 27.5 Å². The van der Waals surface area contributed by atoms with Gasteiger partial charge in [-0.1, -0.05) is 51.3 Å². The van der Waals surface area contributed by atoms with Crippen molar-refractivity contribution in [2.75, 3.05) is 6.54 Å². The van der Waals surface area contributed by atoms with Crippen molar-refractivity contribution in [2.45, 2.75) is 46.1 Å². The van der Waals surface area contributed by atoms with Crippen LogP contribution in [-0.4, -0.2) is 6.54 Å². The van der Waals surface area contributed by atoms with Crippen molar-refractivity contribution in [3.05, 3.63) is 33.3 Å². The molecule has 0 spiro atoms. The highest BCUT2D eigenvalue weighted by Crippen LogP contribution is 2.28. The van der Waals surface area contributed by atoms with E-state index in [4.69, 9.17) is 11.6 Å². The normalized spacial score (nSPS) is 13.0. The number of halogens is 2. The van der Waals surface area contributed by atoms with Gasteiger partial charge >= 0.3 is 0 Å². The summed E-state index contributed by atoms with van der Waals surface area (Å²) in [4.78, 5) is 0. The summed E-state index contributed by atoms with van der Waals surface area (Å²) in [5.41, 5.74) is 1.29. The Labute approximate surface area is 124 Å². The summed E-state index contributed by atoms with van der Waals surface area (Å²) in [6, 6.07) is 6.66. The molecular formula is C15H23BrClN. The summed E-state index contributed by atoms with van der Waals surface area (Å²) in [5.74, 6) is 0.779. The molecule has 1 atom stereocenters. The Morgan fingerprint density at radius 3 is 2.56 bits per heavy atom. The van der Waals surface area contributed by atoms with Gasteiger partial charge in [0.1, 0.15) is 0 Å². The van der Waals surface area contributed by atoms with E-state index in [1.165, 1.54) is 24.8 Å². The van der Waals surface area contributed by atoms with Gasteiger partial charge in [-0.25, -0.2) is 0 Å². The van der Waals surface area contributed by atoms with Crippen LogP contribution in [0.15, 0.2) is 22.7 Å². The average molecular weight is 333 g/mol. The number of rotatable bonds is 7. The van der Waals surface area contributed by atoms with Gasteiger partial charge < -0.3 is 5.32 Å². The molecule has 0 radical (unpaired) electrons. The molecule has 0 fully saturated rings. The summed E-state index contributed by atoms with van der Waals surface area (Å²) in [7, 11) is 0. The average Bonchev–Trinajstić information content (AvgIpc) is 2.31. The Balaban J connectivity index is 2.67. The van der Waals surface area contributed by atoms with E-state index in [0.29, 0.717) is 6.04 Å². The highest BCUT2D eigenvalue weighted by molar-refractivity contribution is 9.10. The molecule has 0 aliphatic heterocycles. The van der Waals surface area contributed by atoms with Gasteiger partial charge in [-0.05, 0) is 52.5 Å². The van der Waals surface area contributed by atoms with E-state index in [2.05, 4.69) is 54.2 Å². The van der Waals surface area contributed by atoms with Gasteiger partial charge in [-0.3, -0.25) is 0 Å². The van der Waals surface area contributed by atoms with Gasteiger partial charge in [0.15, 0.2) is 0 Å². The van der Waals surface area contributed by atoms with Crippen molar-refractivity contribution in [1.29, 1.82) is 0 Å². The van der Waals surface area contributed by atoms with E-state index in [9.17, 15) is 0 Å². The molecule has 0 aliphatic carbocycles. The van der Waals surface area contributed by atoms with Gasteiger partial charge in [0.2, 0.25) is 0 Å². The molecular weight excluding hydrogens is 310 g/mol. The van der Waals surface area contributed by atoms with E-state index in [-0.39, 0.29) is 0 Å². The van der Waals surface area contributed by atoms with Crippen LogP contribution in [0.25, 0.3) is 0 Å². The number of hydrogen-bond donors (Lipinski definition) is 1. The summed E-state index contributed by atoms with van der Waals surface area (Å²) in [5, 5.41) is 4.34. The van der Waals surface area contributed by atoms with Crippen LogP contribution in [0.2, 0.25) is 5.02 Å². The Bertz CT molecular complexity index is 366. The Morgan fingerprint density at radius 2 is 2.00 bits per heavy atom. The van der Waals surface area contributed by atoms with Crippen LogP contribution < -0.4 is 5.32 Å². The topological polar surface area (TPSA) is 12.0 Å². The lowest BCUT2D eigenvalue weighted by atomic mass is 9.98. The Kier molecular flexibility index (Phi) is 7.28. The zero-order valence-electron chi connectivity index (χ0n) is 11.5. The Hall–Kier alpha value is -0.0500. The molecule has 0 aliphatic rings. The van der Waals surface area contributed by atoms with Crippen LogP contribution in [0.3, 0.4) is 0 Å². The van der Waals surface area contributed by atoms with Crippen LogP contribution in [0.5, 0.6) is 0 Å². The summed E-state index contributed by atoms with van der Waals surface area (Å²) in [6.07, 6.45) is 3.71. The maximum absolute atomic E-state index is 6.17. The molecule has 0 aromatic heterocycles. The number of nitrogens with one attached hydrogen (secondary N) is 1. The Morgan fingerprint density at radius 1 is 1.28 bits per heavy atom. The number of hydrogen-bond acceptors (Lipinski definition) is 1. The maximum Gasteiger partial charge on any atom is 0.0551 e. The van der Waals surface area contributed by atoms with Gasteiger partial charge in [0.05, 0.1) is 5.02 Å². The third-order valence-corrected chi connectivity index (χ3v) is 4.30. The van der Waals surface area contributed by atoms with Crippen molar-refractivity contribution < 1.29 is 0 Å². The standard InChI is InChI=1S/C15H23BrClN/c1-4-18-15(7-5-6-11(2)3)12-8-9-13(16)14(17)10-12/h8-11,15,18H,4-7H2,1-3H3. The quantitative estimate of drug-likeness (QED) is 0.687. The lowest BCUT2D eigenvalue weighted by Gasteiger charge is -2.19. The monoisotopic (exact) mass is 331 g/mol. The van der Waals surface area contributed by atoms with Crippen LogP contribution in [0.1, 0.15) is 51.6 Å². The molecule has 0 saturated heterocycles. The second-order valence-corrected chi connectivity index (χ2v) is 6.37. The first-order chi connectivity index (χ1) is 8.54. The fourth-order valence-electron chi connectivity index (χ4n) is 2.09. The third-order valence-electron chi connectivity index (χ3n) is 3.07. The second-order valence-electron chi connectivity index (χ2n) is 5.11. The fourth-order valence-corrected chi connectivity index (χ4v) is 2.53. The molecule has 0 bridgehead atoms. The highest BCUT2D eigenvalue weighted by atomic mass is 79.9. The molecule has 1 unspecified atom stereocenters. The minimum atomic E-state index is 0.416. The van der Waals surface area contributed by atoms with E-state index in [1.807, 2.05) is 6.07 Å². The van der Waals surface area contributed by atoms with Crippen molar-refractivity contribution in [1.82, 2.24) is 5.32 Å². The van der Waals surface area contributed by atoms with Gasteiger partial charge in [0, 0.05) is 10.5 Å². The van der Waals surface area contributed by atoms with Crippen molar-refractivity contribution in [3.63, 3.8) is 0 Å². The fraction of sp³-hybridized carbons (Fsp3) is 0.600. The highest BCUT2D eigenvalue weighted by Gasteiger charge is 2.11.